The molecule has 13 heavy (non-hydrogen) atoms. The molecule has 0 bridgehead atoms. The van der Waals surface area contributed by atoms with Crippen molar-refractivity contribution < 1.29 is 18.3 Å². The third-order valence-electron chi connectivity index (χ3n) is 1.39. The second kappa shape index (κ2) is 5.15. The van der Waals surface area contributed by atoms with Gasteiger partial charge in [0.15, 0.2) is 0 Å². The van der Waals surface area contributed by atoms with E-state index in [9.17, 15) is 13.2 Å². The fraction of sp³-hybridized carbons (Fsp3) is 0.833. The van der Waals surface area contributed by atoms with Gasteiger partial charge in [-0.1, -0.05) is 0 Å². The van der Waals surface area contributed by atoms with Gasteiger partial charge in [0.1, 0.15) is 0 Å². The highest BCUT2D eigenvalue weighted by atomic mass is 32.2. The maximum atomic E-state index is 10.5. The molecule has 0 fully saturated rings. The Morgan fingerprint density at radius 2 is 2.15 bits per heavy atom. The number of carboxylic acids is 1. The van der Waals surface area contributed by atoms with Gasteiger partial charge in [0.2, 0.25) is 0 Å². The van der Waals surface area contributed by atoms with E-state index in [-0.39, 0.29) is 12.5 Å². The first kappa shape index (κ1) is 12.3. The number of carbonyl (C=O) groups is 1. The van der Waals surface area contributed by atoms with Gasteiger partial charge in [0.05, 0.1) is 0 Å². The minimum atomic E-state index is -3.67. The van der Waals surface area contributed by atoms with Crippen molar-refractivity contribution in [2.45, 2.75) is 32.2 Å². The summed E-state index contributed by atoms with van der Waals surface area (Å²) in [6, 6.07) is -0.325. The maximum Gasteiger partial charge on any atom is 0.303 e. The molecule has 0 aromatic carbocycles. The van der Waals surface area contributed by atoms with Gasteiger partial charge in [0.25, 0.3) is 10.2 Å². The molecule has 6 nitrogen and oxygen atoms in total. The van der Waals surface area contributed by atoms with Crippen LogP contribution < -0.4 is 9.86 Å². The Morgan fingerprint density at radius 3 is 2.54 bits per heavy atom. The number of hydrogen-bond donors (Lipinski definition) is 3. The Bertz CT molecular complexity index is 262. The normalized spacial score (nSPS) is 14.0. The summed E-state index contributed by atoms with van der Waals surface area (Å²) in [6.45, 7) is 1.63. The topological polar surface area (TPSA) is 109 Å². The van der Waals surface area contributed by atoms with Crippen LogP contribution in [0, 0.1) is 0 Å². The van der Waals surface area contributed by atoms with E-state index in [1.54, 1.807) is 6.92 Å². The van der Waals surface area contributed by atoms with E-state index >= 15 is 0 Å². The van der Waals surface area contributed by atoms with Crippen LogP contribution in [-0.4, -0.2) is 25.5 Å². The van der Waals surface area contributed by atoms with E-state index in [0.29, 0.717) is 12.8 Å². The molecule has 0 saturated heterocycles. The molecular weight excluding hydrogens is 196 g/mol. The molecule has 0 aromatic heterocycles. The van der Waals surface area contributed by atoms with Gasteiger partial charge in [-0.2, -0.15) is 13.1 Å². The Kier molecular flexibility index (Phi) is 4.89. The zero-order valence-corrected chi connectivity index (χ0v) is 8.17. The van der Waals surface area contributed by atoms with Gasteiger partial charge in [-0.25, -0.2) is 5.14 Å². The molecule has 1 atom stereocenters. The smallest absolute Gasteiger partial charge is 0.303 e. The van der Waals surface area contributed by atoms with Crippen molar-refractivity contribution in [2.24, 2.45) is 5.14 Å². The summed E-state index contributed by atoms with van der Waals surface area (Å²) in [5.74, 6) is -0.886. The molecule has 0 rings (SSSR count). The predicted octanol–water partition coefficient (Wildman–Crippen LogP) is -0.577. The molecule has 0 aromatic rings. The molecule has 0 heterocycles. The molecule has 78 valence electrons. The quantitative estimate of drug-likeness (QED) is 0.545. The average molecular weight is 210 g/mol. The van der Waals surface area contributed by atoms with Crippen LogP contribution >= 0.6 is 0 Å². The Labute approximate surface area is 77.3 Å². The lowest BCUT2D eigenvalue weighted by Crippen LogP contribution is -2.37. The van der Waals surface area contributed by atoms with Gasteiger partial charge in [-0.15, -0.1) is 0 Å². The number of aliphatic carboxylic acids is 1. The van der Waals surface area contributed by atoms with E-state index < -0.39 is 16.2 Å². The second-order valence-corrected chi connectivity index (χ2v) is 4.18. The van der Waals surface area contributed by atoms with Crippen molar-refractivity contribution in [1.82, 2.24) is 4.72 Å². The first-order valence-corrected chi connectivity index (χ1v) is 5.38. The number of carboxylic acid groups (broad SMARTS) is 1. The highest BCUT2D eigenvalue weighted by molar-refractivity contribution is 7.87. The highest BCUT2D eigenvalue weighted by Crippen LogP contribution is 2.00. The molecule has 4 N–H and O–H groups in total. The fourth-order valence-electron chi connectivity index (χ4n) is 0.899. The summed E-state index contributed by atoms with van der Waals surface area (Å²) < 4.78 is 23.1. The van der Waals surface area contributed by atoms with E-state index in [1.165, 1.54) is 0 Å². The first-order chi connectivity index (χ1) is 5.81. The van der Waals surface area contributed by atoms with Gasteiger partial charge in [-0.05, 0) is 19.8 Å². The molecule has 0 aliphatic rings. The lowest BCUT2D eigenvalue weighted by atomic mass is 10.1. The lowest BCUT2D eigenvalue weighted by molar-refractivity contribution is -0.137. The standard InChI is InChI=1S/C6H14N2O4S/c1-5(8-13(7,11)12)3-2-4-6(9)10/h5,8H,2-4H2,1H3,(H,9,10)(H2,7,11,12). The zero-order chi connectivity index (χ0) is 10.5. The molecular formula is C6H14N2O4S. The van der Waals surface area contributed by atoms with Crippen LogP contribution in [0.5, 0.6) is 0 Å². The van der Waals surface area contributed by atoms with Crippen molar-refractivity contribution in [3.05, 3.63) is 0 Å². The monoisotopic (exact) mass is 210 g/mol. The van der Waals surface area contributed by atoms with Crippen LogP contribution in [0.15, 0.2) is 0 Å². The first-order valence-electron chi connectivity index (χ1n) is 3.83. The minimum absolute atomic E-state index is 0.0383. The van der Waals surface area contributed by atoms with Gasteiger partial charge in [0, 0.05) is 12.5 Å². The number of nitrogens with two attached hydrogens (primary N) is 1. The van der Waals surface area contributed by atoms with Crippen LogP contribution in [0.2, 0.25) is 0 Å². The van der Waals surface area contributed by atoms with Crippen molar-refractivity contribution in [1.29, 1.82) is 0 Å². The Hall–Kier alpha value is -0.660. The molecule has 0 saturated carbocycles. The average Bonchev–Trinajstić information content (AvgIpc) is 1.81. The van der Waals surface area contributed by atoms with Crippen molar-refractivity contribution in [2.75, 3.05) is 0 Å². The molecule has 0 aliphatic heterocycles. The summed E-state index contributed by atoms with van der Waals surface area (Å²) in [4.78, 5) is 10.1. The van der Waals surface area contributed by atoms with Crippen LogP contribution in [-0.2, 0) is 15.0 Å². The van der Waals surface area contributed by atoms with Gasteiger partial charge >= 0.3 is 5.97 Å². The SMILES string of the molecule is CC(CCCC(=O)O)NS(N)(=O)=O. The van der Waals surface area contributed by atoms with E-state index in [2.05, 4.69) is 4.72 Å². The van der Waals surface area contributed by atoms with Gasteiger partial charge < -0.3 is 5.11 Å². The molecule has 0 spiro atoms. The Morgan fingerprint density at radius 1 is 1.62 bits per heavy atom. The van der Waals surface area contributed by atoms with E-state index in [0.717, 1.165) is 0 Å². The fourth-order valence-corrected chi connectivity index (χ4v) is 1.58. The van der Waals surface area contributed by atoms with Crippen LogP contribution in [0.4, 0.5) is 0 Å². The predicted molar refractivity (Wildman–Crippen MR) is 47.2 cm³/mol. The summed E-state index contributed by atoms with van der Waals surface area (Å²) in [6.07, 6.45) is 0.929. The zero-order valence-electron chi connectivity index (χ0n) is 7.36. The molecule has 0 aliphatic carbocycles. The summed E-state index contributed by atoms with van der Waals surface area (Å²) >= 11 is 0. The van der Waals surface area contributed by atoms with Crippen LogP contribution in [0.25, 0.3) is 0 Å². The minimum Gasteiger partial charge on any atom is -0.481 e. The number of rotatable bonds is 6. The van der Waals surface area contributed by atoms with Gasteiger partial charge in [-0.3, -0.25) is 4.79 Å². The Balaban J connectivity index is 3.64. The van der Waals surface area contributed by atoms with Crippen molar-refractivity contribution in [3.8, 4) is 0 Å². The van der Waals surface area contributed by atoms with Crippen molar-refractivity contribution in [3.63, 3.8) is 0 Å². The summed E-state index contributed by atoms with van der Waals surface area (Å²) in [5, 5.41) is 13.0. The molecule has 1 unspecified atom stereocenters. The van der Waals surface area contributed by atoms with E-state index in [4.69, 9.17) is 10.2 Å². The second-order valence-electron chi connectivity index (χ2n) is 2.85. The third kappa shape index (κ3) is 9.25. The lowest BCUT2D eigenvalue weighted by Gasteiger charge is -2.10. The summed E-state index contributed by atoms with van der Waals surface area (Å²) in [5.41, 5.74) is 0. The molecule has 0 amide bonds. The van der Waals surface area contributed by atoms with E-state index in [1.807, 2.05) is 0 Å². The van der Waals surface area contributed by atoms with Crippen LogP contribution in [0.1, 0.15) is 26.2 Å². The highest BCUT2D eigenvalue weighted by Gasteiger charge is 2.08. The summed E-state index contributed by atoms with van der Waals surface area (Å²) in [7, 11) is -3.67. The number of hydrogen-bond acceptors (Lipinski definition) is 3. The third-order valence-corrected chi connectivity index (χ3v) is 2.12. The van der Waals surface area contributed by atoms with Crippen LogP contribution in [0.3, 0.4) is 0 Å². The van der Waals surface area contributed by atoms with Crippen molar-refractivity contribution >= 4 is 16.2 Å². The molecule has 0 radical (unpaired) electrons. The maximum absolute atomic E-state index is 10.5. The largest absolute Gasteiger partial charge is 0.481 e. The number of nitrogens with one attached hydrogen (secondary N) is 1. The molecule has 7 heteroatoms.